The number of aliphatic hydroxyl groups is 1. The van der Waals surface area contributed by atoms with Crippen LogP contribution in [0.15, 0.2) is 42.5 Å². The summed E-state index contributed by atoms with van der Waals surface area (Å²) < 4.78 is 18.4. The van der Waals surface area contributed by atoms with E-state index in [1.165, 1.54) is 12.1 Å². The molecule has 2 aromatic carbocycles. The van der Waals surface area contributed by atoms with E-state index in [0.717, 1.165) is 0 Å². The molecule has 0 amide bonds. The number of benzene rings is 2. The Morgan fingerprint density at radius 2 is 2.05 bits per heavy atom. The third-order valence-corrected chi connectivity index (χ3v) is 2.83. The number of rotatable bonds is 4. The lowest BCUT2D eigenvalue weighted by molar-refractivity contribution is 0.108. The van der Waals surface area contributed by atoms with Crippen molar-refractivity contribution in [3.05, 3.63) is 59.4 Å². The maximum Gasteiger partial charge on any atom is 0.123 e. The van der Waals surface area contributed by atoms with E-state index in [1.54, 1.807) is 37.3 Å². The SMILES string of the molecule is Cc1cc(F)ccc1OCC(O)c1cccc(N)c1. The first-order valence-corrected chi connectivity index (χ1v) is 5.98. The van der Waals surface area contributed by atoms with Crippen molar-refractivity contribution in [3.8, 4) is 5.75 Å². The first kappa shape index (κ1) is 13.4. The highest BCUT2D eigenvalue weighted by atomic mass is 19.1. The minimum Gasteiger partial charge on any atom is -0.490 e. The summed E-state index contributed by atoms with van der Waals surface area (Å²) in [6.07, 6.45) is -0.770. The molecule has 0 aliphatic heterocycles. The van der Waals surface area contributed by atoms with E-state index >= 15 is 0 Å². The molecule has 0 radical (unpaired) electrons. The maximum absolute atomic E-state index is 12.9. The van der Waals surface area contributed by atoms with Gasteiger partial charge in [-0.05, 0) is 48.4 Å². The zero-order valence-electron chi connectivity index (χ0n) is 10.6. The van der Waals surface area contributed by atoms with Crippen molar-refractivity contribution in [1.82, 2.24) is 0 Å². The lowest BCUT2D eigenvalue weighted by atomic mass is 10.1. The zero-order valence-corrected chi connectivity index (χ0v) is 10.6. The Balaban J connectivity index is 2.02. The van der Waals surface area contributed by atoms with E-state index in [2.05, 4.69) is 0 Å². The van der Waals surface area contributed by atoms with Gasteiger partial charge >= 0.3 is 0 Å². The zero-order chi connectivity index (χ0) is 13.8. The number of hydrogen-bond donors (Lipinski definition) is 2. The van der Waals surface area contributed by atoms with Crippen LogP contribution in [0.2, 0.25) is 0 Å². The normalized spacial score (nSPS) is 12.2. The Hall–Kier alpha value is -2.07. The second-order valence-electron chi connectivity index (χ2n) is 4.41. The molecule has 0 aliphatic carbocycles. The van der Waals surface area contributed by atoms with Gasteiger partial charge in [-0.2, -0.15) is 0 Å². The highest BCUT2D eigenvalue weighted by molar-refractivity contribution is 5.41. The van der Waals surface area contributed by atoms with Crippen LogP contribution in [0.25, 0.3) is 0 Å². The molecule has 0 saturated carbocycles. The topological polar surface area (TPSA) is 55.5 Å². The molecule has 1 atom stereocenters. The molecule has 0 saturated heterocycles. The molecule has 4 heteroatoms. The van der Waals surface area contributed by atoms with E-state index in [0.29, 0.717) is 22.6 Å². The molecular formula is C15H16FNO2. The van der Waals surface area contributed by atoms with Gasteiger partial charge in [0.25, 0.3) is 0 Å². The summed E-state index contributed by atoms with van der Waals surface area (Å²) in [4.78, 5) is 0. The Bertz CT molecular complexity index is 572. The third kappa shape index (κ3) is 3.45. The van der Waals surface area contributed by atoms with Crippen molar-refractivity contribution < 1.29 is 14.2 Å². The molecule has 0 aromatic heterocycles. The molecular weight excluding hydrogens is 245 g/mol. The van der Waals surface area contributed by atoms with Crippen LogP contribution in [0, 0.1) is 12.7 Å². The molecule has 0 heterocycles. The Morgan fingerprint density at radius 1 is 1.26 bits per heavy atom. The summed E-state index contributed by atoms with van der Waals surface area (Å²) in [6, 6.07) is 11.3. The molecule has 1 unspecified atom stereocenters. The van der Waals surface area contributed by atoms with Crippen molar-refractivity contribution in [2.75, 3.05) is 12.3 Å². The molecule has 0 bridgehead atoms. The van der Waals surface area contributed by atoms with E-state index < -0.39 is 6.10 Å². The average Bonchev–Trinajstić information content (AvgIpc) is 2.37. The second kappa shape index (κ2) is 5.71. The van der Waals surface area contributed by atoms with Crippen molar-refractivity contribution >= 4 is 5.69 Å². The fourth-order valence-corrected chi connectivity index (χ4v) is 1.81. The van der Waals surface area contributed by atoms with Crippen LogP contribution in [-0.2, 0) is 0 Å². The van der Waals surface area contributed by atoms with Gasteiger partial charge in [-0.25, -0.2) is 4.39 Å². The van der Waals surface area contributed by atoms with Crippen LogP contribution in [0.5, 0.6) is 5.75 Å². The molecule has 3 N–H and O–H groups in total. The van der Waals surface area contributed by atoms with Crippen LogP contribution in [0.1, 0.15) is 17.2 Å². The van der Waals surface area contributed by atoms with Crippen molar-refractivity contribution in [1.29, 1.82) is 0 Å². The van der Waals surface area contributed by atoms with Crippen LogP contribution in [-0.4, -0.2) is 11.7 Å². The molecule has 3 nitrogen and oxygen atoms in total. The molecule has 19 heavy (non-hydrogen) atoms. The molecule has 2 aromatic rings. The van der Waals surface area contributed by atoms with Crippen molar-refractivity contribution in [3.63, 3.8) is 0 Å². The number of aryl methyl sites for hydroxylation is 1. The van der Waals surface area contributed by atoms with Gasteiger partial charge in [0.05, 0.1) is 0 Å². The summed E-state index contributed by atoms with van der Waals surface area (Å²) in [5.41, 5.74) is 7.63. The van der Waals surface area contributed by atoms with Gasteiger partial charge in [0.1, 0.15) is 24.3 Å². The number of aliphatic hydroxyl groups excluding tert-OH is 1. The number of nitrogen functional groups attached to an aromatic ring is 1. The van der Waals surface area contributed by atoms with Gasteiger partial charge in [0.2, 0.25) is 0 Å². The molecule has 2 rings (SSSR count). The average molecular weight is 261 g/mol. The molecule has 0 aliphatic rings. The summed E-state index contributed by atoms with van der Waals surface area (Å²) in [5, 5.41) is 10.00. The summed E-state index contributed by atoms with van der Waals surface area (Å²) in [7, 11) is 0. The molecule has 0 fully saturated rings. The number of nitrogens with two attached hydrogens (primary N) is 1. The number of hydrogen-bond acceptors (Lipinski definition) is 3. The largest absolute Gasteiger partial charge is 0.490 e. The Morgan fingerprint density at radius 3 is 2.74 bits per heavy atom. The summed E-state index contributed by atoms with van der Waals surface area (Å²) in [5.74, 6) is 0.255. The highest BCUT2D eigenvalue weighted by Gasteiger charge is 2.10. The lowest BCUT2D eigenvalue weighted by Crippen LogP contribution is -2.10. The minimum absolute atomic E-state index is 0.0932. The van der Waals surface area contributed by atoms with E-state index in [-0.39, 0.29) is 12.4 Å². The van der Waals surface area contributed by atoms with Crippen LogP contribution >= 0.6 is 0 Å². The third-order valence-electron chi connectivity index (χ3n) is 2.83. The van der Waals surface area contributed by atoms with E-state index in [4.69, 9.17) is 10.5 Å². The van der Waals surface area contributed by atoms with Crippen LogP contribution < -0.4 is 10.5 Å². The van der Waals surface area contributed by atoms with Gasteiger partial charge in [-0.1, -0.05) is 12.1 Å². The Labute approximate surface area is 111 Å². The monoisotopic (exact) mass is 261 g/mol. The van der Waals surface area contributed by atoms with E-state index in [1.807, 2.05) is 0 Å². The second-order valence-corrected chi connectivity index (χ2v) is 4.41. The molecule has 0 spiro atoms. The van der Waals surface area contributed by atoms with Crippen LogP contribution in [0.4, 0.5) is 10.1 Å². The number of anilines is 1. The first-order chi connectivity index (χ1) is 9.06. The van der Waals surface area contributed by atoms with Gasteiger partial charge in [-0.15, -0.1) is 0 Å². The molecule has 100 valence electrons. The van der Waals surface area contributed by atoms with Crippen molar-refractivity contribution in [2.24, 2.45) is 0 Å². The Kier molecular flexibility index (Phi) is 4.02. The van der Waals surface area contributed by atoms with Crippen molar-refractivity contribution in [2.45, 2.75) is 13.0 Å². The predicted molar refractivity (Wildman–Crippen MR) is 72.4 cm³/mol. The quantitative estimate of drug-likeness (QED) is 0.832. The highest BCUT2D eigenvalue weighted by Crippen LogP contribution is 2.21. The minimum atomic E-state index is -0.770. The van der Waals surface area contributed by atoms with Gasteiger partial charge < -0.3 is 15.6 Å². The fraction of sp³-hybridized carbons (Fsp3) is 0.200. The summed E-state index contributed by atoms with van der Waals surface area (Å²) >= 11 is 0. The van der Waals surface area contributed by atoms with Gasteiger partial charge in [0.15, 0.2) is 0 Å². The van der Waals surface area contributed by atoms with Gasteiger partial charge in [-0.3, -0.25) is 0 Å². The van der Waals surface area contributed by atoms with Gasteiger partial charge in [0, 0.05) is 5.69 Å². The standard InChI is InChI=1S/C15H16FNO2/c1-10-7-12(16)5-6-15(10)19-9-14(18)11-3-2-4-13(17)8-11/h2-8,14,18H,9,17H2,1H3. The predicted octanol–water partition coefficient (Wildman–Crippen LogP) is 2.83. The summed E-state index contributed by atoms with van der Waals surface area (Å²) in [6.45, 7) is 1.85. The number of halogens is 1. The lowest BCUT2D eigenvalue weighted by Gasteiger charge is -2.14. The number of ether oxygens (including phenoxy) is 1. The van der Waals surface area contributed by atoms with E-state index in [9.17, 15) is 9.50 Å². The van der Waals surface area contributed by atoms with Crippen LogP contribution in [0.3, 0.4) is 0 Å². The first-order valence-electron chi connectivity index (χ1n) is 5.98. The smallest absolute Gasteiger partial charge is 0.123 e. The maximum atomic E-state index is 12.9. The fourth-order valence-electron chi connectivity index (χ4n) is 1.81.